The van der Waals surface area contributed by atoms with Crippen molar-refractivity contribution in [3.05, 3.63) is 46.0 Å². The number of carbonyl (C=O) groups excluding carboxylic acids is 2. The van der Waals surface area contributed by atoms with Gasteiger partial charge in [-0.1, -0.05) is 26.0 Å². The van der Waals surface area contributed by atoms with Crippen molar-refractivity contribution >= 4 is 39.1 Å². The Kier molecular flexibility index (Phi) is 6.07. The lowest BCUT2D eigenvalue weighted by Gasteiger charge is -2.17. The van der Waals surface area contributed by atoms with Gasteiger partial charge in [0.05, 0.1) is 17.1 Å². The normalized spacial score (nSPS) is 11.3. The second-order valence-corrected chi connectivity index (χ2v) is 8.98. The van der Waals surface area contributed by atoms with Gasteiger partial charge in [0.25, 0.3) is 5.91 Å². The summed E-state index contributed by atoms with van der Waals surface area (Å²) in [6, 6.07) is 7.68. The maximum Gasteiger partial charge on any atom is 0.264 e. The van der Waals surface area contributed by atoms with Crippen molar-refractivity contribution < 1.29 is 9.59 Å². The first-order valence-electron chi connectivity index (χ1n) is 9.75. The summed E-state index contributed by atoms with van der Waals surface area (Å²) in [5, 5.41) is 8.50. The number of benzene rings is 1. The van der Waals surface area contributed by atoms with E-state index < -0.39 is 0 Å². The van der Waals surface area contributed by atoms with Crippen LogP contribution in [-0.4, -0.2) is 40.1 Å². The van der Waals surface area contributed by atoms with Gasteiger partial charge in [-0.3, -0.25) is 14.3 Å². The molecule has 0 saturated carbocycles. The number of amides is 2. The predicted molar refractivity (Wildman–Crippen MR) is 119 cm³/mol. The first kappa shape index (κ1) is 21.0. The molecule has 3 aromatic rings. The van der Waals surface area contributed by atoms with Gasteiger partial charge in [-0.2, -0.15) is 5.10 Å². The molecule has 29 heavy (non-hydrogen) atoms. The number of hydrogen-bond acceptors (Lipinski definition) is 4. The molecule has 0 atom stereocenters. The zero-order valence-electron chi connectivity index (χ0n) is 17.9. The molecular formula is C22H28N4O2S. The van der Waals surface area contributed by atoms with Gasteiger partial charge in [-0.25, -0.2) is 0 Å². The topological polar surface area (TPSA) is 67.2 Å². The lowest BCUT2D eigenvalue weighted by Crippen LogP contribution is -2.34. The van der Waals surface area contributed by atoms with E-state index in [1.165, 1.54) is 16.2 Å². The van der Waals surface area contributed by atoms with Gasteiger partial charge in [0.1, 0.15) is 4.83 Å². The van der Waals surface area contributed by atoms with E-state index >= 15 is 0 Å². The molecule has 2 heterocycles. The summed E-state index contributed by atoms with van der Waals surface area (Å²) < 4.78 is 1.98. The molecule has 6 nitrogen and oxygen atoms in total. The first-order valence-corrected chi connectivity index (χ1v) is 10.6. The van der Waals surface area contributed by atoms with E-state index in [-0.39, 0.29) is 18.4 Å². The SMILES string of the molecule is Cc1cccc(NC(=O)CN(C)C(=O)c2cc3c(C)nn(CC(C)C)c3s2)c1C. The molecule has 2 amide bonds. The van der Waals surface area contributed by atoms with Crippen molar-refractivity contribution in [1.82, 2.24) is 14.7 Å². The highest BCUT2D eigenvalue weighted by atomic mass is 32.1. The molecule has 0 aliphatic carbocycles. The Morgan fingerprint density at radius 1 is 1.24 bits per heavy atom. The molecule has 1 aromatic carbocycles. The third-order valence-electron chi connectivity index (χ3n) is 4.96. The van der Waals surface area contributed by atoms with Gasteiger partial charge in [-0.05, 0) is 49.9 Å². The van der Waals surface area contributed by atoms with Crippen LogP contribution in [0.3, 0.4) is 0 Å². The summed E-state index contributed by atoms with van der Waals surface area (Å²) in [5.41, 5.74) is 3.85. The molecule has 0 spiro atoms. The number of hydrogen-bond donors (Lipinski definition) is 1. The van der Waals surface area contributed by atoms with Crippen molar-refractivity contribution in [1.29, 1.82) is 0 Å². The summed E-state index contributed by atoms with van der Waals surface area (Å²) in [6.45, 7) is 11.0. The fourth-order valence-electron chi connectivity index (χ4n) is 3.24. The van der Waals surface area contributed by atoms with E-state index in [4.69, 9.17) is 0 Å². The molecular weight excluding hydrogens is 384 g/mol. The number of rotatable bonds is 6. The minimum absolute atomic E-state index is 0.00242. The van der Waals surface area contributed by atoms with Crippen molar-refractivity contribution in [2.45, 2.75) is 41.2 Å². The van der Waals surface area contributed by atoms with Gasteiger partial charge in [0.15, 0.2) is 0 Å². The molecule has 7 heteroatoms. The maximum atomic E-state index is 12.9. The molecule has 154 valence electrons. The van der Waals surface area contributed by atoms with Crippen LogP contribution in [-0.2, 0) is 11.3 Å². The number of thiophene rings is 1. The van der Waals surface area contributed by atoms with Gasteiger partial charge in [0.2, 0.25) is 5.91 Å². The van der Waals surface area contributed by atoms with Crippen molar-refractivity contribution in [2.24, 2.45) is 5.92 Å². The fourth-order valence-corrected chi connectivity index (χ4v) is 4.40. The van der Waals surface area contributed by atoms with Crippen LogP contribution in [0.25, 0.3) is 10.2 Å². The van der Waals surface area contributed by atoms with E-state index in [0.29, 0.717) is 10.8 Å². The van der Waals surface area contributed by atoms with Gasteiger partial charge in [0, 0.05) is 24.7 Å². The third kappa shape index (κ3) is 4.50. The van der Waals surface area contributed by atoms with E-state index in [2.05, 4.69) is 24.3 Å². The second-order valence-electron chi connectivity index (χ2n) is 7.95. The van der Waals surface area contributed by atoms with Crippen LogP contribution in [0.15, 0.2) is 24.3 Å². The number of anilines is 1. The van der Waals surface area contributed by atoms with Crippen LogP contribution < -0.4 is 5.32 Å². The quantitative estimate of drug-likeness (QED) is 0.653. The van der Waals surface area contributed by atoms with Gasteiger partial charge >= 0.3 is 0 Å². The zero-order chi connectivity index (χ0) is 21.3. The van der Waals surface area contributed by atoms with E-state index in [9.17, 15) is 9.59 Å². The average Bonchev–Trinajstić information content (AvgIpc) is 3.19. The van der Waals surface area contributed by atoms with Crippen LogP contribution in [0.1, 0.15) is 40.3 Å². The fraction of sp³-hybridized carbons (Fsp3) is 0.409. The smallest absolute Gasteiger partial charge is 0.264 e. The summed E-state index contributed by atoms with van der Waals surface area (Å²) >= 11 is 1.44. The number of nitrogens with one attached hydrogen (secondary N) is 1. The Labute approximate surface area is 175 Å². The molecule has 0 saturated heterocycles. The first-order chi connectivity index (χ1) is 13.7. The Hall–Kier alpha value is -2.67. The van der Waals surface area contributed by atoms with E-state index in [0.717, 1.165) is 39.3 Å². The highest BCUT2D eigenvalue weighted by Gasteiger charge is 2.21. The summed E-state index contributed by atoms with van der Waals surface area (Å²) in [5.74, 6) is 0.103. The van der Waals surface area contributed by atoms with Gasteiger partial charge < -0.3 is 10.2 Å². The minimum atomic E-state index is -0.210. The molecule has 0 fully saturated rings. The number of nitrogens with zero attached hydrogens (tertiary/aromatic N) is 3. The molecule has 0 aliphatic heterocycles. The van der Waals surface area contributed by atoms with Crippen molar-refractivity contribution in [2.75, 3.05) is 18.9 Å². The standard InChI is InChI=1S/C22H28N4O2S/c1-13(2)11-26-22-17(16(5)24-26)10-19(29-22)21(28)25(6)12-20(27)23-18-9-7-8-14(3)15(18)4/h7-10,13H,11-12H2,1-6H3,(H,23,27). The summed E-state index contributed by atoms with van der Waals surface area (Å²) in [7, 11) is 1.66. The number of aromatic nitrogens is 2. The Morgan fingerprint density at radius 2 is 1.97 bits per heavy atom. The van der Waals surface area contributed by atoms with Crippen LogP contribution in [0.5, 0.6) is 0 Å². The number of aryl methyl sites for hydroxylation is 2. The molecule has 0 bridgehead atoms. The predicted octanol–water partition coefficient (Wildman–Crippen LogP) is 4.39. The molecule has 3 rings (SSSR count). The monoisotopic (exact) mass is 412 g/mol. The van der Waals surface area contributed by atoms with E-state index in [1.807, 2.05) is 49.7 Å². The molecule has 1 N–H and O–H groups in total. The second kappa shape index (κ2) is 8.37. The summed E-state index contributed by atoms with van der Waals surface area (Å²) in [6.07, 6.45) is 0. The van der Waals surface area contributed by atoms with Crippen LogP contribution in [0.2, 0.25) is 0 Å². The Bertz CT molecular complexity index is 1060. The Morgan fingerprint density at radius 3 is 2.66 bits per heavy atom. The molecule has 0 aliphatic rings. The van der Waals surface area contributed by atoms with Crippen molar-refractivity contribution in [3.63, 3.8) is 0 Å². The largest absolute Gasteiger partial charge is 0.332 e. The van der Waals surface area contributed by atoms with Gasteiger partial charge in [-0.15, -0.1) is 11.3 Å². The minimum Gasteiger partial charge on any atom is -0.332 e. The lowest BCUT2D eigenvalue weighted by atomic mass is 10.1. The summed E-state index contributed by atoms with van der Waals surface area (Å²) in [4.78, 5) is 28.4. The van der Waals surface area contributed by atoms with E-state index in [1.54, 1.807) is 7.05 Å². The molecule has 0 radical (unpaired) electrons. The number of carbonyl (C=O) groups is 2. The number of fused-ring (bicyclic) bond motifs is 1. The third-order valence-corrected chi connectivity index (χ3v) is 6.10. The van der Waals surface area contributed by atoms with Crippen LogP contribution in [0, 0.1) is 26.7 Å². The average molecular weight is 413 g/mol. The van der Waals surface area contributed by atoms with Crippen LogP contribution >= 0.6 is 11.3 Å². The highest BCUT2D eigenvalue weighted by molar-refractivity contribution is 7.20. The zero-order valence-corrected chi connectivity index (χ0v) is 18.7. The van der Waals surface area contributed by atoms with Crippen molar-refractivity contribution in [3.8, 4) is 0 Å². The molecule has 2 aromatic heterocycles. The highest BCUT2D eigenvalue weighted by Crippen LogP contribution is 2.29. The lowest BCUT2D eigenvalue weighted by molar-refractivity contribution is -0.116. The van der Waals surface area contributed by atoms with Crippen LogP contribution in [0.4, 0.5) is 5.69 Å². The maximum absolute atomic E-state index is 12.9. The number of likely N-dealkylation sites (N-methyl/N-ethyl adjacent to an activating group) is 1. The molecule has 0 unspecified atom stereocenters. The Balaban J connectivity index is 1.72.